The molecule has 1 aromatic heterocycles. The fourth-order valence-electron chi connectivity index (χ4n) is 0.885. The van der Waals surface area contributed by atoms with E-state index in [0.29, 0.717) is 13.0 Å². The Kier molecular flexibility index (Phi) is 3.60. The van der Waals surface area contributed by atoms with Crippen LogP contribution in [0.3, 0.4) is 0 Å². The molecule has 0 aliphatic rings. The van der Waals surface area contributed by atoms with Gasteiger partial charge in [-0.2, -0.15) is 0 Å². The fraction of sp³-hybridized carbons (Fsp3) is 0.222. The lowest BCUT2D eigenvalue weighted by atomic mass is 10.4. The molecule has 1 aromatic rings. The van der Waals surface area contributed by atoms with E-state index in [1.807, 2.05) is 0 Å². The molecule has 0 saturated heterocycles. The number of nitrogens with zero attached hydrogens (tertiary/aromatic N) is 2. The van der Waals surface area contributed by atoms with Crippen LogP contribution in [-0.2, 0) is 0 Å². The second kappa shape index (κ2) is 4.96. The SMILES string of the molecule is C=CCCOc1ccncc1[N+](=O)[O-]. The van der Waals surface area contributed by atoms with E-state index in [1.165, 1.54) is 18.5 Å². The molecule has 0 aromatic carbocycles. The summed E-state index contributed by atoms with van der Waals surface area (Å²) in [5.74, 6) is 0.242. The summed E-state index contributed by atoms with van der Waals surface area (Å²) in [6.07, 6.45) is 4.96. The van der Waals surface area contributed by atoms with Crippen molar-refractivity contribution in [1.82, 2.24) is 4.98 Å². The van der Waals surface area contributed by atoms with Crippen LogP contribution >= 0.6 is 0 Å². The summed E-state index contributed by atoms with van der Waals surface area (Å²) in [5, 5.41) is 10.5. The molecule has 0 aliphatic carbocycles. The van der Waals surface area contributed by atoms with Crippen molar-refractivity contribution >= 4 is 5.69 Å². The van der Waals surface area contributed by atoms with Gasteiger partial charge in [-0.25, -0.2) is 0 Å². The summed E-state index contributed by atoms with van der Waals surface area (Å²) < 4.78 is 5.19. The van der Waals surface area contributed by atoms with E-state index in [-0.39, 0.29) is 11.4 Å². The van der Waals surface area contributed by atoms with Crippen molar-refractivity contribution in [2.45, 2.75) is 6.42 Å². The van der Waals surface area contributed by atoms with Gasteiger partial charge in [-0.15, -0.1) is 6.58 Å². The van der Waals surface area contributed by atoms with Crippen molar-refractivity contribution in [3.8, 4) is 5.75 Å². The van der Waals surface area contributed by atoms with Crippen molar-refractivity contribution in [3.05, 3.63) is 41.2 Å². The first-order valence-electron chi connectivity index (χ1n) is 4.08. The first-order valence-corrected chi connectivity index (χ1v) is 4.08. The van der Waals surface area contributed by atoms with Gasteiger partial charge in [0.05, 0.1) is 11.5 Å². The van der Waals surface area contributed by atoms with Crippen molar-refractivity contribution in [3.63, 3.8) is 0 Å². The number of hydrogen-bond donors (Lipinski definition) is 0. The molecule has 0 radical (unpaired) electrons. The van der Waals surface area contributed by atoms with Gasteiger partial charge in [0.15, 0.2) is 5.75 Å². The van der Waals surface area contributed by atoms with Gasteiger partial charge in [0, 0.05) is 12.3 Å². The molecule has 74 valence electrons. The monoisotopic (exact) mass is 194 g/mol. The van der Waals surface area contributed by atoms with Crippen LogP contribution in [0.5, 0.6) is 5.75 Å². The lowest BCUT2D eigenvalue weighted by Crippen LogP contribution is -1.99. The maximum atomic E-state index is 10.5. The summed E-state index contributed by atoms with van der Waals surface area (Å²) in [5.41, 5.74) is -0.114. The molecule has 0 spiro atoms. The van der Waals surface area contributed by atoms with Gasteiger partial charge < -0.3 is 4.74 Å². The third kappa shape index (κ3) is 2.55. The molecule has 0 fully saturated rings. The number of nitro groups is 1. The Morgan fingerprint density at radius 3 is 3.14 bits per heavy atom. The van der Waals surface area contributed by atoms with Crippen LogP contribution in [0.4, 0.5) is 5.69 Å². The zero-order valence-electron chi connectivity index (χ0n) is 7.55. The summed E-state index contributed by atoms with van der Waals surface area (Å²) in [6.45, 7) is 3.91. The van der Waals surface area contributed by atoms with Gasteiger partial charge in [0.25, 0.3) is 0 Å². The van der Waals surface area contributed by atoms with Crippen molar-refractivity contribution < 1.29 is 9.66 Å². The Labute approximate surface area is 81.2 Å². The summed E-state index contributed by atoms with van der Waals surface area (Å²) >= 11 is 0. The minimum atomic E-state index is -0.518. The highest BCUT2D eigenvalue weighted by Gasteiger charge is 2.13. The topological polar surface area (TPSA) is 65.3 Å². The fourth-order valence-corrected chi connectivity index (χ4v) is 0.885. The third-order valence-electron chi connectivity index (χ3n) is 1.54. The second-order valence-corrected chi connectivity index (χ2v) is 2.53. The number of pyridine rings is 1. The van der Waals surface area contributed by atoms with Gasteiger partial charge >= 0.3 is 5.69 Å². The molecule has 1 rings (SSSR count). The Morgan fingerprint density at radius 2 is 2.50 bits per heavy atom. The Bertz CT molecular complexity index is 339. The van der Waals surface area contributed by atoms with Crippen LogP contribution in [0.15, 0.2) is 31.1 Å². The van der Waals surface area contributed by atoms with Gasteiger partial charge in [-0.3, -0.25) is 15.1 Å². The third-order valence-corrected chi connectivity index (χ3v) is 1.54. The first kappa shape index (κ1) is 10.2. The van der Waals surface area contributed by atoms with Crippen LogP contribution < -0.4 is 4.74 Å². The molecule has 5 nitrogen and oxygen atoms in total. The van der Waals surface area contributed by atoms with E-state index >= 15 is 0 Å². The molecule has 14 heavy (non-hydrogen) atoms. The van der Waals surface area contributed by atoms with Crippen molar-refractivity contribution in [2.75, 3.05) is 6.61 Å². The lowest BCUT2D eigenvalue weighted by Gasteiger charge is -2.03. The molecule has 0 bridgehead atoms. The van der Waals surface area contributed by atoms with Gasteiger partial charge in [0.2, 0.25) is 0 Å². The molecule has 5 heteroatoms. The number of ether oxygens (including phenoxy) is 1. The zero-order chi connectivity index (χ0) is 10.4. The molecular weight excluding hydrogens is 184 g/mol. The van der Waals surface area contributed by atoms with Gasteiger partial charge in [-0.1, -0.05) is 6.08 Å². The maximum Gasteiger partial charge on any atom is 0.329 e. The van der Waals surface area contributed by atoms with Crippen LogP contribution in [0, 0.1) is 10.1 Å². The molecule has 0 atom stereocenters. The normalized spacial score (nSPS) is 9.43. The van der Waals surface area contributed by atoms with Crippen LogP contribution in [0.2, 0.25) is 0 Å². The molecule has 0 unspecified atom stereocenters. The van der Waals surface area contributed by atoms with E-state index in [1.54, 1.807) is 6.08 Å². The quantitative estimate of drug-likeness (QED) is 0.311. The highest BCUT2D eigenvalue weighted by Crippen LogP contribution is 2.24. The van der Waals surface area contributed by atoms with Crippen LogP contribution in [-0.4, -0.2) is 16.5 Å². The second-order valence-electron chi connectivity index (χ2n) is 2.53. The number of aromatic nitrogens is 1. The molecule has 1 heterocycles. The van der Waals surface area contributed by atoms with Crippen LogP contribution in [0.1, 0.15) is 6.42 Å². The zero-order valence-corrected chi connectivity index (χ0v) is 7.55. The van der Waals surface area contributed by atoms with E-state index in [2.05, 4.69) is 11.6 Å². The lowest BCUT2D eigenvalue weighted by molar-refractivity contribution is -0.386. The number of rotatable bonds is 5. The summed E-state index contributed by atoms with van der Waals surface area (Å²) in [6, 6.07) is 1.47. The van der Waals surface area contributed by atoms with E-state index in [4.69, 9.17) is 4.74 Å². The molecular formula is C9H10N2O3. The largest absolute Gasteiger partial charge is 0.486 e. The predicted octanol–water partition coefficient (Wildman–Crippen LogP) is 1.94. The van der Waals surface area contributed by atoms with E-state index < -0.39 is 4.92 Å². The maximum absolute atomic E-state index is 10.5. The predicted molar refractivity (Wildman–Crippen MR) is 51.2 cm³/mol. The van der Waals surface area contributed by atoms with E-state index in [0.717, 1.165) is 0 Å². The molecule has 0 aliphatic heterocycles. The Morgan fingerprint density at radius 1 is 1.71 bits per heavy atom. The standard InChI is InChI=1S/C9H10N2O3/c1-2-3-6-14-9-4-5-10-7-8(9)11(12)13/h2,4-5,7H,1,3,6H2. The highest BCUT2D eigenvalue weighted by atomic mass is 16.6. The van der Waals surface area contributed by atoms with Gasteiger partial charge in [-0.05, 0) is 6.42 Å². The van der Waals surface area contributed by atoms with E-state index in [9.17, 15) is 10.1 Å². The van der Waals surface area contributed by atoms with Crippen LogP contribution in [0.25, 0.3) is 0 Å². The highest BCUT2D eigenvalue weighted by molar-refractivity contribution is 5.42. The number of hydrogen-bond acceptors (Lipinski definition) is 4. The minimum Gasteiger partial charge on any atom is -0.486 e. The Balaban J connectivity index is 2.74. The van der Waals surface area contributed by atoms with Gasteiger partial charge in [0.1, 0.15) is 6.20 Å². The summed E-state index contributed by atoms with van der Waals surface area (Å²) in [7, 11) is 0. The average Bonchev–Trinajstić information content (AvgIpc) is 2.19. The van der Waals surface area contributed by atoms with Crippen molar-refractivity contribution in [1.29, 1.82) is 0 Å². The molecule has 0 amide bonds. The smallest absolute Gasteiger partial charge is 0.329 e. The van der Waals surface area contributed by atoms with Crippen molar-refractivity contribution in [2.24, 2.45) is 0 Å². The minimum absolute atomic E-state index is 0.114. The first-order chi connectivity index (χ1) is 6.75. The molecule has 0 saturated carbocycles. The summed E-state index contributed by atoms with van der Waals surface area (Å²) in [4.78, 5) is 13.7. The molecule has 0 N–H and O–H groups in total. The average molecular weight is 194 g/mol. The Hall–Kier alpha value is -1.91.